The molecule has 2 nitrogen and oxygen atoms in total. The van der Waals surface area contributed by atoms with Gasteiger partial charge in [0.2, 0.25) is 11.0 Å². The van der Waals surface area contributed by atoms with Crippen LogP contribution in [0.25, 0.3) is 0 Å². The average molecular weight is 292 g/mol. The fraction of sp³-hybridized carbons (Fsp3) is 1.00. The summed E-state index contributed by atoms with van der Waals surface area (Å²) in [6, 6.07) is 0. The van der Waals surface area contributed by atoms with E-state index in [0.717, 1.165) is 18.5 Å². The normalized spacial score (nSPS) is 15.3. The Morgan fingerprint density at radius 3 is 2.00 bits per heavy atom. The summed E-state index contributed by atoms with van der Waals surface area (Å²) in [5.41, 5.74) is -4.66. The van der Waals surface area contributed by atoms with Crippen molar-refractivity contribution < 1.29 is 17.4 Å². The van der Waals surface area contributed by atoms with Crippen LogP contribution in [0, 0.1) is 5.92 Å². The molecule has 1 atom stereocenters. The highest BCUT2D eigenvalue weighted by molar-refractivity contribution is 7.85. The minimum absolute atomic E-state index is 0.254. The Hall–Kier alpha value is 0.330. The van der Waals surface area contributed by atoms with E-state index in [1.165, 1.54) is 0 Å². The van der Waals surface area contributed by atoms with Crippen molar-refractivity contribution in [3.05, 3.63) is 0 Å². The zero-order valence-electron chi connectivity index (χ0n) is 10.8. The molecule has 0 aliphatic carbocycles. The average Bonchev–Trinajstić information content (AvgIpc) is 2.22. The van der Waals surface area contributed by atoms with Gasteiger partial charge >= 0.3 is 5.51 Å². The van der Waals surface area contributed by atoms with Crippen molar-refractivity contribution in [2.75, 3.05) is 24.8 Å². The van der Waals surface area contributed by atoms with Gasteiger partial charge in [-0.2, -0.15) is 17.9 Å². The summed E-state index contributed by atoms with van der Waals surface area (Å²) < 4.78 is 49.5. The summed E-state index contributed by atoms with van der Waals surface area (Å²) >= 11 is 0. The number of hydrogen-bond donors (Lipinski definition) is 1. The Bertz CT molecular complexity index is 254. The van der Waals surface area contributed by atoms with Gasteiger partial charge in [0.05, 0.1) is 18.5 Å². The molecular formula is C10H22F3NOPS+. The maximum absolute atomic E-state index is 12.1. The maximum Gasteiger partial charge on any atom is 0.485 e. The Morgan fingerprint density at radius 2 is 1.71 bits per heavy atom. The van der Waals surface area contributed by atoms with Crippen LogP contribution in [0.15, 0.2) is 0 Å². The van der Waals surface area contributed by atoms with E-state index in [-0.39, 0.29) is 6.29 Å². The van der Waals surface area contributed by atoms with Crippen LogP contribution < -0.4 is 4.72 Å². The summed E-state index contributed by atoms with van der Waals surface area (Å²) in [5.74, 6) is 0.462. The second-order valence-electron chi connectivity index (χ2n) is 4.57. The van der Waals surface area contributed by atoms with E-state index < -0.39 is 23.8 Å². The minimum Gasteiger partial charge on any atom is -0.233 e. The van der Waals surface area contributed by atoms with E-state index in [2.05, 4.69) is 18.6 Å². The monoisotopic (exact) mass is 292 g/mol. The van der Waals surface area contributed by atoms with Crippen molar-refractivity contribution in [3.63, 3.8) is 0 Å². The number of halogens is 3. The zero-order valence-corrected chi connectivity index (χ0v) is 12.5. The standard InChI is InChI=1S/C10H22F3NOPS/c1-5-16(6-2,7-9(3)4)8-14-17(15)10(11,12)13/h9,14H,5-8H2,1-4H3/q+1. The molecule has 0 bridgehead atoms. The third kappa shape index (κ3) is 6.16. The first-order valence-electron chi connectivity index (χ1n) is 5.74. The highest BCUT2D eigenvalue weighted by atomic mass is 32.2. The Kier molecular flexibility index (Phi) is 7.19. The molecule has 0 aliphatic heterocycles. The lowest BCUT2D eigenvalue weighted by molar-refractivity contribution is -0.0393. The largest absolute Gasteiger partial charge is 0.485 e. The van der Waals surface area contributed by atoms with E-state index >= 15 is 0 Å². The van der Waals surface area contributed by atoms with Crippen LogP contribution >= 0.6 is 7.26 Å². The molecule has 0 saturated carbocycles. The Morgan fingerprint density at radius 1 is 1.24 bits per heavy atom. The predicted octanol–water partition coefficient (Wildman–Crippen LogP) is 3.43. The lowest BCUT2D eigenvalue weighted by atomic mass is 10.3. The van der Waals surface area contributed by atoms with Gasteiger partial charge in [0.15, 0.2) is 0 Å². The molecule has 7 heteroatoms. The highest BCUT2D eigenvalue weighted by Crippen LogP contribution is 2.58. The van der Waals surface area contributed by atoms with Crippen LogP contribution in [0.2, 0.25) is 0 Å². The van der Waals surface area contributed by atoms with Gasteiger partial charge in [-0.15, -0.1) is 0 Å². The summed E-state index contributed by atoms with van der Waals surface area (Å²) in [7, 11) is -4.37. The van der Waals surface area contributed by atoms with Gasteiger partial charge in [-0.3, -0.25) is 0 Å². The number of hydrogen-bond acceptors (Lipinski definition) is 1. The summed E-state index contributed by atoms with van der Waals surface area (Å²) in [6.45, 7) is 8.16. The summed E-state index contributed by atoms with van der Waals surface area (Å²) in [5, 5.41) is 0. The van der Waals surface area contributed by atoms with Gasteiger partial charge in [-0.05, 0) is 19.8 Å². The van der Waals surface area contributed by atoms with E-state index in [4.69, 9.17) is 0 Å². The molecule has 1 unspecified atom stereocenters. The maximum atomic E-state index is 12.1. The molecular weight excluding hydrogens is 270 g/mol. The fourth-order valence-electron chi connectivity index (χ4n) is 1.82. The number of nitrogens with one attached hydrogen (secondary N) is 1. The molecule has 17 heavy (non-hydrogen) atoms. The lowest BCUT2D eigenvalue weighted by Gasteiger charge is -2.26. The summed E-state index contributed by atoms with van der Waals surface area (Å²) in [4.78, 5) is 0. The van der Waals surface area contributed by atoms with E-state index in [1.807, 2.05) is 13.8 Å². The lowest BCUT2D eigenvalue weighted by Crippen LogP contribution is -2.33. The zero-order chi connectivity index (χ0) is 13.7. The van der Waals surface area contributed by atoms with Gasteiger partial charge in [0, 0.05) is 7.26 Å². The SMILES string of the molecule is CC[P+](CC)(CNS(=O)C(F)(F)F)CC(C)C. The molecule has 0 heterocycles. The highest BCUT2D eigenvalue weighted by Gasteiger charge is 2.41. The first kappa shape index (κ1) is 17.3. The summed E-state index contributed by atoms with van der Waals surface area (Å²) in [6.07, 6.45) is 2.99. The first-order valence-corrected chi connectivity index (χ1v) is 9.42. The smallest absolute Gasteiger partial charge is 0.233 e. The molecule has 0 aromatic heterocycles. The van der Waals surface area contributed by atoms with Crippen LogP contribution in [0.3, 0.4) is 0 Å². The topological polar surface area (TPSA) is 29.1 Å². The van der Waals surface area contributed by atoms with E-state index in [0.29, 0.717) is 5.92 Å². The van der Waals surface area contributed by atoms with Crippen molar-refractivity contribution in [2.45, 2.75) is 33.2 Å². The van der Waals surface area contributed by atoms with Gasteiger partial charge in [0.25, 0.3) is 0 Å². The molecule has 0 aromatic carbocycles. The molecule has 0 radical (unpaired) electrons. The van der Waals surface area contributed by atoms with Crippen molar-refractivity contribution in [2.24, 2.45) is 5.92 Å². The quantitative estimate of drug-likeness (QED) is 0.716. The Labute approximate surface area is 105 Å². The van der Waals surface area contributed by atoms with Gasteiger partial charge in [-0.25, -0.2) is 4.21 Å². The Balaban J connectivity index is 4.51. The third-order valence-corrected chi connectivity index (χ3v) is 8.89. The minimum atomic E-state index is -4.66. The predicted molar refractivity (Wildman–Crippen MR) is 69.9 cm³/mol. The fourth-order valence-corrected chi connectivity index (χ4v) is 6.64. The van der Waals surface area contributed by atoms with Gasteiger partial charge in [0.1, 0.15) is 6.29 Å². The molecule has 0 saturated heterocycles. The van der Waals surface area contributed by atoms with Crippen LogP contribution in [0.1, 0.15) is 27.7 Å². The molecule has 0 spiro atoms. The number of rotatable bonds is 7. The van der Waals surface area contributed by atoms with Crippen LogP contribution in [0.4, 0.5) is 13.2 Å². The first-order chi connectivity index (χ1) is 7.67. The van der Waals surface area contributed by atoms with Crippen molar-refractivity contribution in [1.82, 2.24) is 4.72 Å². The molecule has 1 N–H and O–H groups in total. The number of alkyl halides is 3. The van der Waals surface area contributed by atoms with Gasteiger partial charge in [-0.1, -0.05) is 13.8 Å². The van der Waals surface area contributed by atoms with Crippen LogP contribution in [0.5, 0.6) is 0 Å². The van der Waals surface area contributed by atoms with E-state index in [1.54, 1.807) is 0 Å². The van der Waals surface area contributed by atoms with Crippen molar-refractivity contribution in [1.29, 1.82) is 0 Å². The second-order valence-corrected chi connectivity index (χ2v) is 10.5. The van der Waals surface area contributed by atoms with Crippen molar-refractivity contribution >= 4 is 18.2 Å². The molecule has 0 amide bonds. The third-order valence-electron chi connectivity index (χ3n) is 2.84. The second kappa shape index (κ2) is 7.05. The molecule has 0 fully saturated rings. The van der Waals surface area contributed by atoms with Crippen LogP contribution in [-0.4, -0.2) is 34.5 Å². The molecule has 0 aliphatic rings. The van der Waals surface area contributed by atoms with Crippen molar-refractivity contribution in [3.8, 4) is 0 Å². The van der Waals surface area contributed by atoms with Gasteiger partial charge < -0.3 is 0 Å². The molecule has 104 valence electrons. The van der Waals surface area contributed by atoms with Crippen LogP contribution in [-0.2, 0) is 11.0 Å². The molecule has 0 aromatic rings. The van der Waals surface area contributed by atoms with E-state index in [9.17, 15) is 17.4 Å². The molecule has 0 rings (SSSR count).